The molecular weight excluding hydrogens is 665 g/mol. The van der Waals surface area contributed by atoms with Gasteiger partial charge in [0.25, 0.3) is 0 Å². The van der Waals surface area contributed by atoms with Gasteiger partial charge in [0.15, 0.2) is 0 Å². The zero-order valence-corrected chi connectivity index (χ0v) is 36.8. The van der Waals surface area contributed by atoms with E-state index in [-0.39, 0.29) is 11.9 Å². The van der Waals surface area contributed by atoms with E-state index in [1.807, 2.05) is 0 Å². The summed E-state index contributed by atoms with van der Waals surface area (Å²) in [5, 5.41) is 0. The number of allylic oxidation sites excluding steroid dienone is 4. The van der Waals surface area contributed by atoms with E-state index in [4.69, 9.17) is 9.47 Å². The third-order valence-corrected chi connectivity index (χ3v) is 10.9. The van der Waals surface area contributed by atoms with E-state index in [1.165, 1.54) is 186 Å². The van der Waals surface area contributed by atoms with Crippen molar-refractivity contribution in [1.82, 2.24) is 0 Å². The van der Waals surface area contributed by atoms with Crippen LogP contribution < -0.4 is 0 Å². The van der Waals surface area contributed by atoms with Gasteiger partial charge in [-0.3, -0.25) is 9.59 Å². The molecule has 0 radical (unpaired) electrons. The van der Waals surface area contributed by atoms with E-state index in [0.717, 1.165) is 51.4 Å². The minimum Gasteiger partial charge on any atom is -0.425 e. The fourth-order valence-electron chi connectivity index (χ4n) is 7.21. The predicted molar refractivity (Wildman–Crippen MR) is 236 cm³/mol. The van der Waals surface area contributed by atoms with Crippen LogP contribution in [0.2, 0.25) is 0 Å². The Morgan fingerprint density at radius 1 is 0.333 bits per heavy atom. The molecule has 54 heavy (non-hydrogen) atoms. The molecule has 0 saturated heterocycles. The van der Waals surface area contributed by atoms with Crippen LogP contribution in [0.15, 0.2) is 24.3 Å². The molecule has 0 aliphatic carbocycles. The Morgan fingerprint density at radius 3 is 0.870 bits per heavy atom. The van der Waals surface area contributed by atoms with E-state index in [1.54, 1.807) is 0 Å². The standard InChI is InChI=1S/C50H94O4/c1-4-7-10-13-16-19-22-24-26-28-31-33-36-39-42-45-48(51)53-50(47-44-41-38-35-30-21-18-15-12-9-6-3)54-49(52)46-43-40-37-34-32-29-27-25-23-20-17-14-11-8-5-2/h24-27,50H,4-23,28-47H2,1-3H3/b26-24-,27-25-. The van der Waals surface area contributed by atoms with Crippen molar-refractivity contribution in [3.8, 4) is 0 Å². The molecule has 4 nitrogen and oxygen atoms in total. The summed E-state index contributed by atoms with van der Waals surface area (Å²) in [6, 6.07) is 0. The van der Waals surface area contributed by atoms with Crippen LogP contribution in [0.1, 0.15) is 278 Å². The van der Waals surface area contributed by atoms with Crippen LogP contribution in [0.4, 0.5) is 0 Å². The van der Waals surface area contributed by atoms with E-state index in [2.05, 4.69) is 45.1 Å². The van der Waals surface area contributed by atoms with Gasteiger partial charge in [0.05, 0.1) is 0 Å². The topological polar surface area (TPSA) is 52.6 Å². The van der Waals surface area contributed by atoms with Crippen molar-refractivity contribution in [3.05, 3.63) is 24.3 Å². The average molecular weight is 759 g/mol. The molecule has 0 N–H and O–H groups in total. The Bertz CT molecular complexity index is 763. The summed E-state index contributed by atoms with van der Waals surface area (Å²) in [4.78, 5) is 25.5. The number of carbonyl (C=O) groups excluding carboxylic acids is 2. The Balaban J connectivity index is 4.23. The van der Waals surface area contributed by atoms with Gasteiger partial charge in [0.2, 0.25) is 6.29 Å². The monoisotopic (exact) mass is 759 g/mol. The van der Waals surface area contributed by atoms with Gasteiger partial charge in [-0.2, -0.15) is 0 Å². The summed E-state index contributed by atoms with van der Waals surface area (Å²) in [5.41, 5.74) is 0. The predicted octanol–water partition coefficient (Wildman–Crippen LogP) is 17.2. The molecule has 0 aliphatic heterocycles. The summed E-state index contributed by atoms with van der Waals surface area (Å²) >= 11 is 0. The van der Waals surface area contributed by atoms with Crippen LogP contribution in [0.5, 0.6) is 0 Å². The van der Waals surface area contributed by atoms with Crippen LogP contribution in [0.3, 0.4) is 0 Å². The summed E-state index contributed by atoms with van der Waals surface area (Å²) < 4.78 is 11.5. The maximum Gasteiger partial charge on any atom is 0.308 e. The van der Waals surface area contributed by atoms with Crippen molar-refractivity contribution < 1.29 is 19.1 Å². The number of rotatable bonds is 44. The molecule has 0 heterocycles. The van der Waals surface area contributed by atoms with Gasteiger partial charge in [-0.1, -0.05) is 212 Å². The van der Waals surface area contributed by atoms with Gasteiger partial charge in [-0.25, -0.2) is 0 Å². The quantitative estimate of drug-likeness (QED) is 0.0269. The SMILES string of the molecule is CCCCCCCC/C=C\CCCCCCCC(=O)OC(CCCCCCCCCCCCC)OC(=O)CCCCCCC/C=C\CCCCCCCC. The van der Waals surface area contributed by atoms with Gasteiger partial charge in [0, 0.05) is 19.3 Å². The number of carbonyl (C=O) groups is 2. The molecule has 0 bridgehead atoms. The van der Waals surface area contributed by atoms with Crippen molar-refractivity contribution in [2.24, 2.45) is 0 Å². The molecule has 318 valence electrons. The van der Waals surface area contributed by atoms with Crippen LogP contribution in [-0.4, -0.2) is 18.2 Å². The summed E-state index contributed by atoms with van der Waals surface area (Å²) in [5.74, 6) is -0.427. The molecule has 0 aromatic heterocycles. The first kappa shape index (κ1) is 52.4. The van der Waals surface area contributed by atoms with E-state index >= 15 is 0 Å². The van der Waals surface area contributed by atoms with Crippen molar-refractivity contribution >= 4 is 11.9 Å². The average Bonchev–Trinajstić information content (AvgIpc) is 3.16. The normalized spacial score (nSPS) is 11.8. The maximum absolute atomic E-state index is 12.8. The van der Waals surface area contributed by atoms with Crippen LogP contribution >= 0.6 is 0 Å². The second kappa shape index (κ2) is 45.8. The molecule has 4 heteroatoms. The van der Waals surface area contributed by atoms with Crippen molar-refractivity contribution in [2.75, 3.05) is 0 Å². The highest BCUT2D eigenvalue weighted by atomic mass is 16.7. The van der Waals surface area contributed by atoms with Gasteiger partial charge in [0.1, 0.15) is 0 Å². The highest BCUT2D eigenvalue weighted by molar-refractivity contribution is 5.71. The van der Waals surface area contributed by atoms with Gasteiger partial charge >= 0.3 is 11.9 Å². The van der Waals surface area contributed by atoms with Crippen molar-refractivity contribution in [1.29, 1.82) is 0 Å². The lowest BCUT2D eigenvalue weighted by Crippen LogP contribution is -2.24. The number of esters is 2. The minimum atomic E-state index is -0.727. The number of ether oxygens (including phenoxy) is 2. The molecule has 0 fully saturated rings. The second-order valence-corrected chi connectivity index (χ2v) is 16.4. The molecule has 0 saturated carbocycles. The minimum absolute atomic E-state index is 0.213. The molecule has 0 unspecified atom stereocenters. The first-order valence-corrected chi connectivity index (χ1v) is 24.3. The molecule has 0 atom stereocenters. The van der Waals surface area contributed by atoms with Crippen molar-refractivity contribution in [3.63, 3.8) is 0 Å². The van der Waals surface area contributed by atoms with Crippen LogP contribution in [-0.2, 0) is 19.1 Å². The van der Waals surface area contributed by atoms with Crippen LogP contribution in [0.25, 0.3) is 0 Å². The first-order chi connectivity index (χ1) is 26.6. The highest BCUT2D eigenvalue weighted by Gasteiger charge is 2.18. The lowest BCUT2D eigenvalue weighted by atomic mass is 10.1. The molecular formula is C50H94O4. The molecule has 0 spiro atoms. The Kier molecular flexibility index (Phi) is 44.5. The maximum atomic E-state index is 12.8. The number of hydrogen-bond donors (Lipinski definition) is 0. The molecule has 0 aromatic carbocycles. The summed E-state index contributed by atoms with van der Waals surface area (Å²) in [6.45, 7) is 6.81. The molecule has 0 aromatic rings. The fraction of sp³-hybridized carbons (Fsp3) is 0.880. The van der Waals surface area contributed by atoms with E-state index < -0.39 is 6.29 Å². The van der Waals surface area contributed by atoms with Gasteiger partial charge in [-0.15, -0.1) is 0 Å². The van der Waals surface area contributed by atoms with Gasteiger partial charge in [-0.05, 0) is 70.6 Å². The first-order valence-electron chi connectivity index (χ1n) is 24.3. The lowest BCUT2D eigenvalue weighted by molar-refractivity contribution is -0.189. The van der Waals surface area contributed by atoms with Crippen LogP contribution in [0, 0.1) is 0 Å². The molecule has 0 aliphatic rings. The second-order valence-electron chi connectivity index (χ2n) is 16.4. The van der Waals surface area contributed by atoms with Gasteiger partial charge < -0.3 is 9.47 Å². The largest absolute Gasteiger partial charge is 0.425 e. The lowest BCUT2D eigenvalue weighted by Gasteiger charge is -2.18. The molecule has 0 amide bonds. The van der Waals surface area contributed by atoms with E-state index in [9.17, 15) is 9.59 Å². The number of hydrogen-bond acceptors (Lipinski definition) is 4. The summed E-state index contributed by atoms with van der Waals surface area (Å²) in [6.07, 6.45) is 56.3. The highest BCUT2D eigenvalue weighted by Crippen LogP contribution is 2.17. The third kappa shape index (κ3) is 43.2. The van der Waals surface area contributed by atoms with E-state index in [0.29, 0.717) is 19.3 Å². The number of unbranched alkanes of at least 4 members (excludes halogenated alkanes) is 32. The summed E-state index contributed by atoms with van der Waals surface area (Å²) in [7, 11) is 0. The molecule has 0 rings (SSSR count). The Morgan fingerprint density at radius 2 is 0.574 bits per heavy atom. The van der Waals surface area contributed by atoms with Crippen molar-refractivity contribution in [2.45, 2.75) is 284 Å². The fourth-order valence-corrected chi connectivity index (χ4v) is 7.21. The smallest absolute Gasteiger partial charge is 0.308 e. The Labute approximate surface area is 338 Å². The third-order valence-electron chi connectivity index (χ3n) is 10.9. The zero-order valence-electron chi connectivity index (χ0n) is 36.8. The Hall–Kier alpha value is -1.58. The zero-order chi connectivity index (χ0) is 39.3.